The first-order chi connectivity index (χ1) is 16.5. The maximum Gasteiger partial charge on any atom is 0.326 e. The number of benzene rings is 4. The number of rotatable bonds is 7. The zero-order valence-corrected chi connectivity index (χ0v) is 18.0. The molecular weight excluding hydrogens is 435 g/mol. The Morgan fingerprint density at radius 2 is 1.47 bits per heavy atom. The van der Waals surface area contributed by atoms with E-state index in [9.17, 15) is 18.8 Å². The second-order valence-electron chi connectivity index (χ2n) is 7.52. The molecule has 4 rings (SSSR count). The Kier molecular flexibility index (Phi) is 6.93. The molecule has 0 aromatic heterocycles. The number of fused-ring (bicyclic) bond motifs is 1. The predicted octanol–water partition coefficient (Wildman–Crippen LogP) is 4.63. The molecule has 1 atom stereocenters. The molecule has 0 aliphatic carbocycles. The number of anilines is 1. The van der Waals surface area contributed by atoms with Crippen molar-refractivity contribution in [1.29, 1.82) is 0 Å². The van der Waals surface area contributed by atoms with Gasteiger partial charge in [-0.15, -0.1) is 0 Å². The van der Waals surface area contributed by atoms with Crippen LogP contribution in [0.3, 0.4) is 0 Å². The van der Waals surface area contributed by atoms with Gasteiger partial charge in [-0.2, -0.15) is 0 Å². The predicted molar refractivity (Wildman–Crippen MR) is 127 cm³/mol. The minimum atomic E-state index is -1.25. The van der Waals surface area contributed by atoms with Crippen molar-refractivity contribution >= 4 is 34.2 Å². The highest BCUT2D eigenvalue weighted by molar-refractivity contribution is 6.00. The lowest BCUT2D eigenvalue weighted by Crippen LogP contribution is -2.33. The molecule has 6 nitrogen and oxygen atoms in total. The van der Waals surface area contributed by atoms with Crippen LogP contribution in [0.25, 0.3) is 10.8 Å². The van der Waals surface area contributed by atoms with E-state index in [-0.39, 0.29) is 0 Å². The zero-order valence-electron chi connectivity index (χ0n) is 18.0. The molecule has 0 fully saturated rings. The lowest BCUT2D eigenvalue weighted by Gasteiger charge is -2.18. The number of hydrogen-bond donors (Lipinski definition) is 2. The molecule has 0 heterocycles. The second kappa shape index (κ2) is 10.4. The van der Waals surface area contributed by atoms with Crippen LogP contribution < -0.4 is 10.6 Å². The zero-order chi connectivity index (χ0) is 23.9. The van der Waals surface area contributed by atoms with Crippen LogP contribution in [0.15, 0.2) is 97.1 Å². The third-order valence-electron chi connectivity index (χ3n) is 5.11. The lowest BCUT2D eigenvalue weighted by atomic mass is 10.1. The maximum atomic E-state index is 13.2. The molecule has 0 spiro atoms. The molecule has 34 heavy (non-hydrogen) atoms. The SMILES string of the molecule is O=C(CNC(=O)c1ccc2ccccc2c1)O[C@H](C(=O)Nc1ccc(F)cc1)c1ccccc1. The molecule has 0 aliphatic rings. The van der Waals surface area contributed by atoms with Gasteiger partial charge in [-0.3, -0.25) is 14.4 Å². The Labute approximate surface area is 195 Å². The molecule has 0 radical (unpaired) electrons. The van der Waals surface area contributed by atoms with Crippen LogP contribution in [0.5, 0.6) is 0 Å². The highest BCUT2D eigenvalue weighted by Crippen LogP contribution is 2.21. The van der Waals surface area contributed by atoms with Gasteiger partial charge in [0.15, 0.2) is 0 Å². The van der Waals surface area contributed by atoms with Gasteiger partial charge in [0.25, 0.3) is 11.8 Å². The average Bonchev–Trinajstić information content (AvgIpc) is 2.87. The topological polar surface area (TPSA) is 84.5 Å². The molecule has 0 saturated carbocycles. The number of carbonyl (C=O) groups is 3. The van der Waals surface area contributed by atoms with Gasteiger partial charge in [0.2, 0.25) is 6.10 Å². The molecule has 4 aromatic carbocycles. The van der Waals surface area contributed by atoms with E-state index >= 15 is 0 Å². The molecule has 4 aromatic rings. The van der Waals surface area contributed by atoms with E-state index in [4.69, 9.17) is 4.74 Å². The average molecular weight is 456 g/mol. The Morgan fingerprint density at radius 1 is 0.794 bits per heavy atom. The molecule has 7 heteroatoms. The van der Waals surface area contributed by atoms with E-state index in [1.165, 1.54) is 24.3 Å². The van der Waals surface area contributed by atoms with E-state index in [0.717, 1.165) is 10.8 Å². The van der Waals surface area contributed by atoms with Gasteiger partial charge in [-0.05, 0) is 47.2 Å². The highest BCUT2D eigenvalue weighted by atomic mass is 19.1. The van der Waals surface area contributed by atoms with Crippen LogP contribution in [-0.2, 0) is 14.3 Å². The van der Waals surface area contributed by atoms with E-state index in [2.05, 4.69) is 10.6 Å². The summed E-state index contributed by atoms with van der Waals surface area (Å²) in [7, 11) is 0. The Hall–Kier alpha value is -4.52. The summed E-state index contributed by atoms with van der Waals surface area (Å²) in [6.07, 6.45) is -1.25. The number of carbonyl (C=O) groups excluding carboxylic acids is 3. The van der Waals surface area contributed by atoms with Gasteiger partial charge in [0.1, 0.15) is 12.4 Å². The van der Waals surface area contributed by atoms with Crippen LogP contribution in [0, 0.1) is 5.82 Å². The Morgan fingerprint density at radius 3 is 2.21 bits per heavy atom. The summed E-state index contributed by atoms with van der Waals surface area (Å²) in [6, 6.07) is 26.6. The van der Waals surface area contributed by atoms with Gasteiger partial charge in [0, 0.05) is 16.8 Å². The standard InChI is InChI=1S/C27H21FN2O4/c28-22-12-14-23(15-13-22)30-27(33)25(19-7-2-1-3-8-19)34-24(31)17-29-26(32)21-11-10-18-6-4-5-9-20(18)16-21/h1-16,25H,17H2,(H,29,32)(H,30,33)/t25-/m0/s1. The normalized spacial score (nSPS) is 11.4. The summed E-state index contributed by atoms with van der Waals surface area (Å²) >= 11 is 0. The summed E-state index contributed by atoms with van der Waals surface area (Å²) in [5, 5.41) is 7.04. The fourth-order valence-electron chi connectivity index (χ4n) is 3.40. The first-order valence-electron chi connectivity index (χ1n) is 10.6. The number of esters is 1. The third kappa shape index (κ3) is 5.63. The molecule has 0 unspecified atom stereocenters. The number of ether oxygens (including phenoxy) is 1. The van der Waals surface area contributed by atoms with Crippen molar-refractivity contribution in [2.45, 2.75) is 6.10 Å². The number of nitrogens with one attached hydrogen (secondary N) is 2. The van der Waals surface area contributed by atoms with Crippen LogP contribution in [0.1, 0.15) is 22.0 Å². The molecule has 0 aliphatic heterocycles. The van der Waals surface area contributed by atoms with E-state index < -0.39 is 36.2 Å². The molecule has 170 valence electrons. The summed E-state index contributed by atoms with van der Waals surface area (Å²) in [4.78, 5) is 37.9. The number of halogens is 1. The van der Waals surface area contributed by atoms with Crippen LogP contribution in [-0.4, -0.2) is 24.3 Å². The maximum absolute atomic E-state index is 13.2. The van der Waals surface area contributed by atoms with Gasteiger partial charge >= 0.3 is 5.97 Å². The van der Waals surface area contributed by atoms with Crippen molar-refractivity contribution in [2.24, 2.45) is 0 Å². The lowest BCUT2D eigenvalue weighted by molar-refractivity contribution is -0.153. The molecule has 2 amide bonds. The van der Waals surface area contributed by atoms with Crippen molar-refractivity contribution in [3.8, 4) is 0 Å². The van der Waals surface area contributed by atoms with Gasteiger partial charge in [-0.25, -0.2) is 4.39 Å². The number of hydrogen-bond acceptors (Lipinski definition) is 4. The van der Waals surface area contributed by atoms with Crippen LogP contribution in [0.4, 0.5) is 10.1 Å². The highest BCUT2D eigenvalue weighted by Gasteiger charge is 2.25. The Bertz CT molecular complexity index is 1320. The van der Waals surface area contributed by atoms with Crippen molar-refractivity contribution < 1.29 is 23.5 Å². The second-order valence-corrected chi connectivity index (χ2v) is 7.52. The quantitative estimate of drug-likeness (QED) is 0.397. The third-order valence-corrected chi connectivity index (χ3v) is 5.11. The van der Waals surface area contributed by atoms with Crippen molar-refractivity contribution in [1.82, 2.24) is 5.32 Å². The van der Waals surface area contributed by atoms with Crippen LogP contribution >= 0.6 is 0 Å². The monoisotopic (exact) mass is 456 g/mol. The minimum absolute atomic E-state index is 0.355. The van der Waals surface area contributed by atoms with Crippen LogP contribution in [0.2, 0.25) is 0 Å². The molecule has 0 bridgehead atoms. The van der Waals surface area contributed by atoms with Crippen molar-refractivity contribution in [3.05, 3.63) is 114 Å². The molecule has 0 saturated heterocycles. The van der Waals surface area contributed by atoms with E-state index in [1.54, 1.807) is 42.5 Å². The fourth-order valence-corrected chi connectivity index (χ4v) is 3.40. The van der Waals surface area contributed by atoms with Crippen molar-refractivity contribution in [3.63, 3.8) is 0 Å². The summed E-state index contributed by atoms with van der Waals surface area (Å²) in [5.74, 6) is -2.26. The van der Waals surface area contributed by atoms with Gasteiger partial charge in [-0.1, -0.05) is 60.7 Å². The minimum Gasteiger partial charge on any atom is -0.446 e. The number of amides is 2. The summed E-state index contributed by atoms with van der Waals surface area (Å²) < 4.78 is 18.6. The smallest absolute Gasteiger partial charge is 0.326 e. The Balaban J connectivity index is 1.42. The first kappa shape index (κ1) is 22.7. The van der Waals surface area contributed by atoms with Crippen molar-refractivity contribution in [2.75, 3.05) is 11.9 Å². The first-order valence-corrected chi connectivity index (χ1v) is 10.6. The summed E-state index contributed by atoms with van der Waals surface area (Å²) in [5.41, 5.74) is 1.21. The van der Waals surface area contributed by atoms with Gasteiger partial charge < -0.3 is 15.4 Å². The van der Waals surface area contributed by atoms with E-state index in [1.807, 2.05) is 30.3 Å². The fraction of sp³-hybridized carbons (Fsp3) is 0.0741. The van der Waals surface area contributed by atoms with E-state index in [0.29, 0.717) is 16.8 Å². The summed E-state index contributed by atoms with van der Waals surface area (Å²) in [6.45, 7) is -0.418. The van der Waals surface area contributed by atoms with Gasteiger partial charge in [0.05, 0.1) is 0 Å². The molecule has 2 N–H and O–H groups in total. The molecular formula is C27H21FN2O4. The largest absolute Gasteiger partial charge is 0.446 e.